The molecule has 5 rings (SSSR count). The summed E-state index contributed by atoms with van der Waals surface area (Å²) >= 11 is 0. The van der Waals surface area contributed by atoms with Crippen molar-refractivity contribution in [1.29, 1.82) is 0 Å². The van der Waals surface area contributed by atoms with Crippen molar-refractivity contribution in [3.63, 3.8) is 0 Å². The Balaban J connectivity index is 1.49. The second-order valence-electron chi connectivity index (χ2n) is 7.97. The van der Waals surface area contributed by atoms with Gasteiger partial charge in [0.2, 0.25) is 5.88 Å². The van der Waals surface area contributed by atoms with E-state index in [1.54, 1.807) is 45.5 Å². The van der Waals surface area contributed by atoms with Crippen molar-refractivity contribution in [2.24, 2.45) is 0 Å². The van der Waals surface area contributed by atoms with Crippen LogP contribution >= 0.6 is 0 Å². The van der Waals surface area contributed by atoms with Crippen LogP contribution in [0, 0.1) is 6.92 Å². The number of carbonyl (C=O) groups excluding carboxylic acids is 1. The number of ether oxygens (including phenoxy) is 1. The van der Waals surface area contributed by atoms with Crippen LogP contribution in [-0.4, -0.2) is 56.4 Å². The van der Waals surface area contributed by atoms with E-state index in [1.165, 1.54) is 21.7 Å². The zero-order valence-electron chi connectivity index (χ0n) is 18.9. The molecule has 0 spiro atoms. The Labute approximate surface area is 194 Å². The largest absolute Gasteiger partial charge is 0.427 e. The van der Waals surface area contributed by atoms with Gasteiger partial charge in [-0.05, 0) is 31.9 Å². The number of nitrogens with zero attached hydrogens (tertiary/aromatic N) is 5. The van der Waals surface area contributed by atoms with Crippen LogP contribution in [0.15, 0.2) is 46.2 Å². The summed E-state index contributed by atoms with van der Waals surface area (Å²) in [6.45, 7) is 1.75. The standard InChI is InChI=1S/C22H24N8O4/c1-12-22(34-11-24-12)29-8-4-5-15(21(29)32)26-17-9-18(23-2)30-19(28-17)13(10-25-30)20(31)27-14-6-7-16(14)33-3/h4-5,8-11,14,16,23H,6-7H2,1-3H3,(H,26,28)(H,27,31)/t14-,16-/m0/s1. The Kier molecular flexibility index (Phi) is 5.49. The second-order valence-corrected chi connectivity index (χ2v) is 7.97. The van der Waals surface area contributed by atoms with E-state index in [9.17, 15) is 9.59 Å². The Morgan fingerprint density at radius 3 is 2.85 bits per heavy atom. The summed E-state index contributed by atoms with van der Waals surface area (Å²) in [5, 5.41) is 13.4. The Hall–Kier alpha value is -4.19. The molecule has 1 aliphatic carbocycles. The fraction of sp³-hybridized carbons (Fsp3) is 0.318. The van der Waals surface area contributed by atoms with E-state index >= 15 is 0 Å². The van der Waals surface area contributed by atoms with Crippen molar-refractivity contribution in [1.82, 2.24) is 29.5 Å². The minimum atomic E-state index is -0.336. The molecule has 1 aliphatic rings. The minimum absolute atomic E-state index is 0.0112. The number of rotatable bonds is 7. The number of oxazole rings is 1. The Bertz CT molecular complexity index is 1420. The van der Waals surface area contributed by atoms with Gasteiger partial charge in [0.05, 0.1) is 18.3 Å². The lowest BCUT2D eigenvalue weighted by atomic mass is 9.89. The maximum absolute atomic E-state index is 13.1. The van der Waals surface area contributed by atoms with Gasteiger partial charge in [0.1, 0.15) is 28.6 Å². The zero-order valence-corrected chi connectivity index (χ0v) is 18.9. The monoisotopic (exact) mass is 464 g/mol. The van der Waals surface area contributed by atoms with E-state index in [4.69, 9.17) is 9.15 Å². The lowest BCUT2D eigenvalue weighted by Crippen LogP contribution is -2.51. The number of pyridine rings is 1. The molecule has 0 bridgehead atoms. The predicted octanol–water partition coefficient (Wildman–Crippen LogP) is 1.87. The summed E-state index contributed by atoms with van der Waals surface area (Å²) in [6.07, 6.45) is 6.15. The molecule has 0 saturated heterocycles. The van der Waals surface area contributed by atoms with Gasteiger partial charge in [0.25, 0.3) is 11.5 Å². The van der Waals surface area contributed by atoms with Gasteiger partial charge in [0.15, 0.2) is 12.0 Å². The molecule has 1 saturated carbocycles. The topological polar surface area (TPSA) is 141 Å². The van der Waals surface area contributed by atoms with Crippen molar-refractivity contribution in [2.75, 3.05) is 24.8 Å². The molecule has 12 nitrogen and oxygen atoms in total. The number of aromatic nitrogens is 5. The summed E-state index contributed by atoms with van der Waals surface area (Å²) < 4.78 is 13.6. The SMILES string of the molecule is CNc1cc(Nc2cccn(-c3ocnc3C)c2=O)nc2c(C(=O)N[C@H]3CC[C@@H]3OC)cnn12. The average Bonchev–Trinajstić information content (AvgIpc) is 3.44. The van der Waals surface area contributed by atoms with Gasteiger partial charge in [-0.25, -0.2) is 9.97 Å². The number of hydrogen-bond donors (Lipinski definition) is 3. The third-order valence-corrected chi connectivity index (χ3v) is 5.95. The van der Waals surface area contributed by atoms with Gasteiger partial charge in [-0.2, -0.15) is 9.61 Å². The number of methoxy groups -OCH3 is 1. The lowest BCUT2D eigenvalue weighted by molar-refractivity contribution is 0.00732. The summed E-state index contributed by atoms with van der Waals surface area (Å²) in [4.78, 5) is 34.6. The van der Waals surface area contributed by atoms with Crippen LogP contribution in [0.4, 0.5) is 17.3 Å². The molecule has 12 heteroatoms. The van der Waals surface area contributed by atoms with Gasteiger partial charge in [-0.1, -0.05) is 0 Å². The van der Waals surface area contributed by atoms with E-state index < -0.39 is 0 Å². The highest BCUT2D eigenvalue weighted by Crippen LogP contribution is 2.25. The first-order valence-corrected chi connectivity index (χ1v) is 10.8. The first kappa shape index (κ1) is 21.6. The van der Waals surface area contributed by atoms with Crippen LogP contribution in [0.3, 0.4) is 0 Å². The summed E-state index contributed by atoms with van der Waals surface area (Å²) in [5.41, 5.74) is 1.21. The molecular formula is C22H24N8O4. The summed E-state index contributed by atoms with van der Waals surface area (Å²) in [6, 6.07) is 5.01. The summed E-state index contributed by atoms with van der Waals surface area (Å²) in [5.74, 6) is 1.02. The molecule has 2 atom stereocenters. The molecule has 1 amide bonds. The molecule has 0 aromatic carbocycles. The van der Waals surface area contributed by atoms with Crippen LogP contribution in [0.25, 0.3) is 11.5 Å². The van der Waals surface area contributed by atoms with Crippen molar-refractivity contribution in [3.05, 3.63) is 58.6 Å². The quantitative estimate of drug-likeness (QED) is 0.374. The van der Waals surface area contributed by atoms with E-state index in [2.05, 4.69) is 31.0 Å². The highest BCUT2D eigenvalue weighted by Gasteiger charge is 2.33. The lowest BCUT2D eigenvalue weighted by Gasteiger charge is -2.35. The van der Waals surface area contributed by atoms with Crippen LogP contribution in [0.2, 0.25) is 0 Å². The molecule has 0 aliphatic heterocycles. The van der Waals surface area contributed by atoms with Crippen LogP contribution in [0.1, 0.15) is 28.9 Å². The molecule has 1 fully saturated rings. The van der Waals surface area contributed by atoms with Crippen LogP contribution in [0.5, 0.6) is 0 Å². The third kappa shape index (κ3) is 3.67. The van der Waals surface area contributed by atoms with Crippen molar-refractivity contribution < 1.29 is 13.9 Å². The van der Waals surface area contributed by atoms with Gasteiger partial charge in [-0.3, -0.25) is 14.2 Å². The molecule has 176 valence electrons. The Morgan fingerprint density at radius 1 is 1.32 bits per heavy atom. The first-order chi connectivity index (χ1) is 16.5. The van der Waals surface area contributed by atoms with Gasteiger partial charge in [0, 0.05) is 26.4 Å². The number of aryl methyl sites for hydroxylation is 1. The van der Waals surface area contributed by atoms with E-state index in [1.807, 2.05) is 0 Å². The number of carbonyl (C=O) groups is 1. The maximum atomic E-state index is 13.1. The van der Waals surface area contributed by atoms with E-state index in [-0.39, 0.29) is 29.3 Å². The van der Waals surface area contributed by atoms with Gasteiger partial charge < -0.3 is 25.1 Å². The average molecular weight is 464 g/mol. The molecule has 0 unspecified atom stereocenters. The minimum Gasteiger partial charge on any atom is -0.427 e. The Morgan fingerprint density at radius 2 is 2.18 bits per heavy atom. The maximum Gasteiger partial charge on any atom is 0.281 e. The van der Waals surface area contributed by atoms with E-state index in [0.717, 1.165) is 12.8 Å². The third-order valence-electron chi connectivity index (χ3n) is 5.95. The number of amides is 1. The fourth-order valence-electron chi connectivity index (χ4n) is 3.94. The fourth-order valence-corrected chi connectivity index (χ4v) is 3.94. The molecule has 0 radical (unpaired) electrons. The van der Waals surface area contributed by atoms with E-state index in [0.29, 0.717) is 34.4 Å². The smallest absolute Gasteiger partial charge is 0.281 e. The number of hydrogen-bond acceptors (Lipinski definition) is 9. The van der Waals surface area contributed by atoms with Crippen molar-refractivity contribution in [2.45, 2.75) is 31.9 Å². The van der Waals surface area contributed by atoms with Crippen LogP contribution < -0.4 is 21.5 Å². The van der Waals surface area contributed by atoms with Gasteiger partial charge >= 0.3 is 0 Å². The summed E-state index contributed by atoms with van der Waals surface area (Å²) in [7, 11) is 3.37. The molecule has 34 heavy (non-hydrogen) atoms. The molecule has 4 aromatic heterocycles. The van der Waals surface area contributed by atoms with Gasteiger partial charge in [-0.15, -0.1) is 0 Å². The first-order valence-electron chi connectivity index (χ1n) is 10.8. The molecular weight excluding hydrogens is 440 g/mol. The number of anilines is 3. The van der Waals surface area contributed by atoms with Crippen LogP contribution in [-0.2, 0) is 4.74 Å². The highest BCUT2D eigenvalue weighted by molar-refractivity contribution is 6.00. The number of nitrogens with one attached hydrogen (secondary N) is 3. The molecule has 3 N–H and O–H groups in total. The van der Waals surface area contributed by atoms with Crippen molar-refractivity contribution in [3.8, 4) is 5.88 Å². The predicted molar refractivity (Wildman–Crippen MR) is 124 cm³/mol. The molecule has 4 aromatic rings. The number of fused-ring (bicyclic) bond motifs is 1. The van der Waals surface area contributed by atoms with Crippen molar-refractivity contribution >= 4 is 28.9 Å². The zero-order chi connectivity index (χ0) is 23.8. The highest BCUT2D eigenvalue weighted by atomic mass is 16.5. The second kappa shape index (κ2) is 8.63. The normalized spacial score (nSPS) is 17.4. The molecule has 4 heterocycles.